The van der Waals surface area contributed by atoms with Gasteiger partial charge in [-0.05, 0) is 36.3 Å². The van der Waals surface area contributed by atoms with Crippen molar-refractivity contribution in [2.75, 3.05) is 5.32 Å². The predicted octanol–water partition coefficient (Wildman–Crippen LogP) is 4.71. The molecule has 102 valence electrons. The van der Waals surface area contributed by atoms with Gasteiger partial charge in [-0.3, -0.25) is 4.79 Å². The zero-order chi connectivity index (χ0) is 13.8. The Morgan fingerprint density at radius 1 is 1.25 bits per heavy atom. The molecule has 1 aliphatic carbocycles. The maximum Gasteiger partial charge on any atom is 0.224 e. The molecule has 1 aromatic heterocycles. The fourth-order valence-electron chi connectivity index (χ4n) is 2.54. The lowest BCUT2D eigenvalue weighted by atomic mass is 10.0. The van der Waals surface area contributed by atoms with E-state index in [0.717, 1.165) is 24.1 Å². The Labute approximate surface area is 123 Å². The molecule has 3 rings (SSSR count). The van der Waals surface area contributed by atoms with E-state index in [1.165, 1.54) is 4.88 Å². The van der Waals surface area contributed by atoms with Crippen LogP contribution in [0.3, 0.4) is 0 Å². The average Bonchev–Trinajstić information content (AvgIpc) is 3.11. The van der Waals surface area contributed by atoms with E-state index in [9.17, 15) is 4.79 Å². The van der Waals surface area contributed by atoms with Gasteiger partial charge in [0.05, 0.1) is 0 Å². The van der Waals surface area contributed by atoms with Crippen LogP contribution in [0, 0.1) is 5.92 Å². The molecule has 20 heavy (non-hydrogen) atoms. The summed E-state index contributed by atoms with van der Waals surface area (Å²) in [6, 6.07) is 12.1. The normalized spacial score (nSPS) is 17.3. The van der Waals surface area contributed by atoms with Crippen LogP contribution >= 0.6 is 11.3 Å². The smallest absolute Gasteiger partial charge is 0.224 e. The standard InChI is InChI=1S/C17H17NOS/c19-17(12-13-6-1-2-7-13)18-15-9-4-3-8-14(15)16-10-5-11-20-16/h1,3-6,8-11,13H,2,7,12H2,(H,18,19)/t13-/m1/s1. The van der Waals surface area contributed by atoms with Gasteiger partial charge in [0.15, 0.2) is 0 Å². The van der Waals surface area contributed by atoms with E-state index in [-0.39, 0.29) is 5.91 Å². The number of amides is 1. The van der Waals surface area contributed by atoms with Crippen LogP contribution in [0.15, 0.2) is 53.9 Å². The number of carbonyl (C=O) groups excluding carboxylic acids is 1. The summed E-state index contributed by atoms with van der Waals surface area (Å²) in [5.74, 6) is 0.509. The maximum absolute atomic E-state index is 12.1. The highest BCUT2D eigenvalue weighted by atomic mass is 32.1. The van der Waals surface area contributed by atoms with Gasteiger partial charge in [0.1, 0.15) is 0 Å². The van der Waals surface area contributed by atoms with Crippen molar-refractivity contribution in [1.82, 2.24) is 0 Å². The van der Waals surface area contributed by atoms with Gasteiger partial charge in [0, 0.05) is 22.5 Å². The number of hydrogen-bond acceptors (Lipinski definition) is 2. The third-order valence-electron chi connectivity index (χ3n) is 3.55. The maximum atomic E-state index is 12.1. The lowest BCUT2D eigenvalue weighted by Gasteiger charge is -2.11. The van der Waals surface area contributed by atoms with Crippen molar-refractivity contribution < 1.29 is 4.79 Å². The first-order valence-electron chi connectivity index (χ1n) is 6.92. The van der Waals surface area contributed by atoms with Crippen molar-refractivity contribution in [1.29, 1.82) is 0 Å². The molecule has 1 atom stereocenters. The molecule has 0 fully saturated rings. The van der Waals surface area contributed by atoms with E-state index >= 15 is 0 Å². The zero-order valence-corrected chi connectivity index (χ0v) is 12.0. The van der Waals surface area contributed by atoms with E-state index < -0.39 is 0 Å². The Balaban J connectivity index is 1.74. The molecule has 1 amide bonds. The minimum absolute atomic E-state index is 0.102. The van der Waals surface area contributed by atoms with Crippen LogP contribution in [0.5, 0.6) is 0 Å². The Hall–Kier alpha value is -1.87. The first kappa shape index (κ1) is 13.1. The molecular weight excluding hydrogens is 266 g/mol. The third kappa shape index (κ3) is 2.99. The first-order valence-corrected chi connectivity index (χ1v) is 7.80. The summed E-state index contributed by atoms with van der Waals surface area (Å²) in [7, 11) is 0. The molecule has 1 N–H and O–H groups in total. The second-order valence-corrected chi connectivity index (χ2v) is 5.99. The summed E-state index contributed by atoms with van der Waals surface area (Å²) in [6.07, 6.45) is 7.10. The molecular formula is C17H17NOS. The zero-order valence-electron chi connectivity index (χ0n) is 11.2. The molecule has 2 aromatic rings. The number of benzene rings is 1. The van der Waals surface area contributed by atoms with Crippen molar-refractivity contribution in [2.24, 2.45) is 5.92 Å². The summed E-state index contributed by atoms with van der Waals surface area (Å²) < 4.78 is 0. The number of anilines is 1. The van der Waals surface area contributed by atoms with Gasteiger partial charge in [-0.2, -0.15) is 0 Å². The quantitative estimate of drug-likeness (QED) is 0.809. The molecule has 0 unspecified atom stereocenters. The largest absolute Gasteiger partial charge is 0.325 e. The average molecular weight is 283 g/mol. The van der Waals surface area contributed by atoms with Crippen LogP contribution in [-0.4, -0.2) is 5.91 Å². The number of thiophene rings is 1. The molecule has 1 aromatic carbocycles. The highest BCUT2D eigenvalue weighted by Crippen LogP contribution is 2.31. The second kappa shape index (κ2) is 6.06. The summed E-state index contributed by atoms with van der Waals surface area (Å²) in [5, 5.41) is 5.11. The van der Waals surface area contributed by atoms with E-state index in [2.05, 4.69) is 35.0 Å². The van der Waals surface area contributed by atoms with Gasteiger partial charge < -0.3 is 5.32 Å². The van der Waals surface area contributed by atoms with Crippen LogP contribution in [0.1, 0.15) is 19.3 Å². The van der Waals surface area contributed by atoms with E-state index in [1.54, 1.807) is 11.3 Å². The first-order chi connectivity index (χ1) is 9.83. The van der Waals surface area contributed by atoms with Crippen molar-refractivity contribution in [3.05, 3.63) is 53.9 Å². The van der Waals surface area contributed by atoms with Crippen LogP contribution in [0.25, 0.3) is 10.4 Å². The molecule has 1 aliphatic rings. The highest BCUT2D eigenvalue weighted by Gasteiger charge is 2.15. The minimum atomic E-state index is 0.102. The van der Waals surface area contributed by atoms with Gasteiger partial charge in [0.25, 0.3) is 0 Å². The monoisotopic (exact) mass is 283 g/mol. The molecule has 0 bridgehead atoms. The Bertz CT molecular complexity index is 616. The summed E-state index contributed by atoms with van der Waals surface area (Å²) >= 11 is 1.69. The summed E-state index contributed by atoms with van der Waals surface area (Å²) in [5.41, 5.74) is 2.00. The van der Waals surface area contributed by atoms with Crippen molar-refractivity contribution in [3.63, 3.8) is 0 Å². The minimum Gasteiger partial charge on any atom is -0.325 e. The summed E-state index contributed by atoms with van der Waals surface area (Å²) in [4.78, 5) is 13.3. The second-order valence-electron chi connectivity index (χ2n) is 5.04. The molecule has 2 nitrogen and oxygen atoms in total. The number of hydrogen-bond donors (Lipinski definition) is 1. The van der Waals surface area contributed by atoms with Gasteiger partial charge in [-0.25, -0.2) is 0 Å². The lowest BCUT2D eigenvalue weighted by molar-refractivity contribution is -0.116. The Morgan fingerprint density at radius 3 is 2.90 bits per heavy atom. The fourth-order valence-corrected chi connectivity index (χ4v) is 3.31. The number of rotatable bonds is 4. The molecule has 0 spiro atoms. The molecule has 3 heteroatoms. The molecule has 0 saturated carbocycles. The van der Waals surface area contributed by atoms with Crippen LogP contribution in [0.4, 0.5) is 5.69 Å². The van der Waals surface area contributed by atoms with Crippen LogP contribution < -0.4 is 5.32 Å². The Morgan fingerprint density at radius 2 is 2.15 bits per heavy atom. The van der Waals surface area contributed by atoms with Crippen molar-refractivity contribution in [2.45, 2.75) is 19.3 Å². The Kier molecular flexibility index (Phi) is 3.97. The van der Waals surface area contributed by atoms with Gasteiger partial charge in [-0.1, -0.05) is 36.4 Å². The number of carbonyl (C=O) groups is 1. The van der Waals surface area contributed by atoms with E-state index in [0.29, 0.717) is 12.3 Å². The van der Waals surface area contributed by atoms with Gasteiger partial charge >= 0.3 is 0 Å². The van der Waals surface area contributed by atoms with Crippen molar-refractivity contribution >= 4 is 22.9 Å². The predicted molar refractivity (Wildman–Crippen MR) is 84.9 cm³/mol. The number of allylic oxidation sites excluding steroid dienone is 2. The van der Waals surface area contributed by atoms with E-state index in [4.69, 9.17) is 0 Å². The highest BCUT2D eigenvalue weighted by molar-refractivity contribution is 7.13. The lowest BCUT2D eigenvalue weighted by Crippen LogP contribution is -2.15. The molecule has 0 radical (unpaired) electrons. The van der Waals surface area contributed by atoms with Gasteiger partial charge in [0.2, 0.25) is 5.91 Å². The molecule has 1 heterocycles. The van der Waals surface area contributed by atoms with Gasteiger partial charge in [-0.15, -0.1) is 11.3 Å². The third-order valence-corrected chi connectivity index (χ3v) is 4.45. The topological polar surface area (TPSA) is 29.1 Å². The summed E-state index contributed by atoms with van der Waals surface area (Å²) in [6.45, 7) is 0. The van der Waals surface area contributed by atoms with E-state index in [1.807, 2.05) is 24.3 Å². The molecule has 0 aliphatic heterocycles. The van der Waals surface area contributed by atoms with Crippen LogP contribution in [-0.2, 0) is 4.79 Å². The number of nitrogens with one attached hydrogen (secondary N) is 1. The fraction of sp³-hybridized carbons (Fsp3) is 0.235. The SMILES string of the molecule is O=C(C[C@@H]1C=CCC1)Nc1ccccc1-c1cccs1. The van der Waals surface area contributed by atoms with Crippen molar-refractivity contribution in [3.8, 4) is 10.4 Å². The number of para-hydroxylation sites is 1. The molecule has 0 saturated heterocycles. The van der Waals surface area contributed by atoms with Crippen LogP contribution in [0.2, 0.25) is 0 Å².